The molecule has 0 amide bonds. The zero-order valence-corrected chi connectivity index (χ0v) is 8.14. The van der Waals surface area contributed by atoms with Crippen LogP contribution in [0.4, 0.5) is 0 Å². The molecule has 0 radical (unpaired) electrons. The number of benzene rings is 1. The van der Waals surface area contributed by atoms with E-state index in [2.05, 4.69) is 0 Å². The average molecular weight is 206 g/mol. The summed E-state index contributed by atoms with van der Waals surface area (Å²) in [5.41, 5.74) is 0.712. The van der Waals surface area contributed by atoms with E-state index in [-0.39, 0.29) is 0 Å². The Balaban J connectivity index is 2.80. The molecule has 0 aliphatic carbocycles. The molecule has 1 rings (SSSR count). The molecular formula is C11H10O4. The molecule has 0 fully saturated rings. The summed E-state index contributed by atoms with van der Waals surface area (Å²) in [4.78, 5) is 21.0. The van der Waals surface area contributed by atoms with Crippen LogP contribution in [-0.2, 0) is 9.59 Å². The average Bonchev–Trinajstić information content (AvgIpc) is 2.26. The monoisotopic (exact) mass is 206 g/mol. The van der Waals surface area contributed by atoms with Gasteiger partial charge in [-0.25, -0.2) is 4.79 Å². The van der Waals surface area contributed by atoms with Crippen LogP contribution in [0.1, 0.15) is 5.56 Å². The molecule has 15 heavy (non-hydrogen) atoms. The lowest BCUT2D eigenvalue weighted by atomic mass is 10.2. The Morgan fingerprint density at radius 1 is 1.40 bits per heavy atom. The molecule has 0 bridgehead atoms. The smallest absolute Gasteiger partial charge is 0.376 e. The van der Waals surface area contributed by atoms with E-state index in [4.69, 9.17) is 9.84 Å². The fourth-order valence-corrected chi connectivity index (χ4v) is 0.988. The lowest BCUT2D eigenvalue weighted by Gasteiger charge is -1.99. The van der Waals surface area contributed by atoms with Gasteiger partial charge in [0.25, 0.3) is 5.78 Å². The number of aliphatic carboxylic acids is 1. The third-order valence-corrected chi connectivity index (χ3v) is 1.73. The number of ether oxygens (including phenoxy) is 1. The highest BCUT2D eigenvalue weighted by atomic mass is 16.5. The highest BCUT2D eigenvalue weighted by molar-refractivity contribution is 6.38. The summed E-state index contributed by atoms with van der Waals surface area (Å²) in [6, 6.07) is 6.96. The summed E-state index contributed by atoms with van der Waals surface area (Å²) in [5, 5.41) is 8.34. The molecule has 0 aliphatic rings. The second-order valence-electron chi connectivity index (χ2n) is 2.78. The summed E-state index contributed by atoms with van der Waals surface area (Å²) in [6.07, 6.45) is 2.44. The predicted octanol–water partition coefficient (Wildman–Crippen LogP) is 1.36. The summed E-state index contributed by atoms with van der Waals surface area (Å²) in [7, 11) is 1.53. The molecule has 0 aliphatic heterocycles. The Bertz CT molecular complexity index is 407. The number of rotatable bonds is 4. The molecule has 4 heteroatoms. The number of carboxylic acid groups (broad SMARTS) is 1. The maximum absolute atomic E-state index is 10.8. The van der Waals surface area contributed by atoms with Crippen molar-refractivity contribution in [2.24, 2.45) is 0 Å². The van der Waals surface area contributed by atoms with Gasteiger partial charge >= 0.3 is 5.97 Å². The van der Waals surface area contributed by atoms with Crippen molar-refractivity contribution < 1.29 is 19.4 Å². The van der Waals surface area contributed by atoms with Crippen LogP contribution in [-0.4, -0.2) is 24.0 Å². The second-order valence-corrected chi connectivity index (χ2v) is 2.78. The fraction of sp³-hybridized carbons (Fsp3) is 0.0909. The summed E-state index contributed by atoms with van der Waals surface area (Å²) in [6.45, 7) is 0. The molecule has 0 saturated heterocycles. The van der Waals surface area contributed by atoms with Crippen molar-refractivity contribution in [1.29, 1.82) is 0 Å². The number of hydrogen-bond donors (Lipinski definition) is 1. The summed E-state index contributed by atoms with van der Waals surface area (Å²) >= 11 is 0. The molecule has 1 aromatic rings. The SMILES string of the molecule is COc1cccc(/C=C\C(=O)C(=O)O)c1. The number of ketones is 1. The quantitative estimate of drug-likeness (QED) is 0.596. The van der Waals surface area contributed by atoms with E-state index in [9.17, 15) is 9.59 Å². The first kappa shape index (κ1) is 11.0. The van der Waals surface area contributed by atoms with Crippen LogP contribution in [0.15, 0.2) is 30.3 Å². The highest BCUT2D eigenvalue weighted by Gasteiger charge is 2.05. The number of carbonyl (C=O) groups excluding carboxylic acids is 1. The van der Waals surface area contributed by atoms with E-state index in [1.807, 2.05) is 0 Å². The van der Waals surface area contributed by atoms with Crippen molar-refractivity contribution >= 4 is 17.8 Å². The van der Waals surface area contributed by atoms with Crippen LogP contribution in [0.5, 0.6) is 5.75 Å². The maximum atomic E-state index is 10.8. The minimum Gasteiger partial charge on any atom is -0.497 e. The first-order chi connectivity index (χ1) is 7.13. The van der Waals surface area contributed by atoms with Gasteiger partial charge < -0.3 is 9.84 Å². The number of carbonyl (C=O) groups is 2. The van der Waals surface area contributed by atoms with Crippen LogP contribution in [0.3, 0.4) is 0 Å². The molecule has 78 valence electrons. The Morgan fingerprint density at radius 2 is 2.13 bits per heavy atom. The third kappa shape index (κ3) is 3.27. The number of carboxylic acids is 1. The molecule has 1 N–H and O–H groups in total. The van der Waals surface area contributed by atoms with Gasteiger partial charge in [-0.05, 0) is 23.8 Å². The second kappa shape index (κ2) is 4.95. The van der Waals surface area contributed by atoms with Crippen molar-refractivity contribution in [2.75, 3.05) is 7.11 Å². The van der Waals surface area contributed by atoms with E-state index in [0.717, 1.165) is 6.08 Å². The molecule has 0 spiro atoms. The van der Waals surface area contributed by atoms with Gasteiger partial charge in [-0.15, -0.1) is 0 Å². The summed E-state index contributed by atoms with van der Waals surface area (Å²) in [5.74, 6) is -1.76. The predicted molar refractivity (Wildman–Crippen MR) is 54.7 cm³/mol. The zero-order valence-electron chi connectivity index (χ0n) is 8.14. The lowest BCUT2D eigenvalue weighted by molar-refractivity contribution is -0.146. The Hall–Kier alpha value is -2.10. The van der Waals surface area contributed by atoms with E-state index in [0.29, 0.717) is 11.3 Å². The minimum absolute atomic E-state index is 0.653. The van der Waals surface area contributed by atoms with Crippen LogP contribution < -0.4 is 4.74 Å². The number of hydrogen-bond acceptors (Lipinski definition) is 3. The maximum Gasteiger partial charge on any atom is 0.376 e. The minimum atomic E-state index is -1.46. The zero-order chi connectivity index (χ0) is 11.3. The molecule has 0 atom stereocenters. The third-order valence-electron chi connectivity index (χ3n) is 1.73. The Kier molecular flexibility index (Phi) is 3.62. The highest BCUT2D eigenvalue weighted by Crippen LogP contribution is 2.13. The molecular weight excluding hydrogens is 196 g/mol. The molecule has 0 heterocycles. The van der Waals surface area contributed by atoms with Gasteiger partial charge in [0.15, 0.2) is 0 Å². The largest absolute Gasteiger partial charge is 0.497 e. The van der Waals surface area contributed by atoms with Gasteiger partial charge in [-0.3, -0.25) is 4.79 Å². The van der Waals surface area contributed by atoms with Gasteiger partial charge in [-0.2, -0.15) is 0 Å². The van der Waals surface area contributed by atoms with Crippen molar-refractivity contribution in [1.82, 2.24) is 0 Å². The van der Waals surface area contributed by atoms with Gasteiger partial charge in [0, 0.05) is 0 Å². The van der Waals surface area contributed by atoms with Crippen LogP contribution in [0.2, 0.25) is 0 Å². The molecule has 0 unspecified atom stereocenters. The van der Waals surface area contributed by atoms with Gasteiger partial charge in [0.2, 0.25) is 0 Å². The van der Waals surface area contributed by atoms with Crippen molar-refractivity contribution in [2.45, 2.75) is 0 Å². The number of methoxy groups -OCH3 is 1. The molecule has 0 saturated carbocycles. The van der Waals surface area contributed by atoms with Crippen LogP contribution >= 0.6 is 0 Å². The van der Waals surface area contributed by atoms with Crippen molar-refractivity contribution in [3.63, 3.8) is 0 Å². The van der Waals surface area contributed by atoms with Crippen LogP contribution in [0, 0.1) is 0 Å². The van der Waals surface area contributed by atoms with Crippen molar-refractivity contribution in [3.05, 3.63) is 35.9 Å². The van der Waals surface area contributed by atoms with Gasteiger partial charge in [0.05, 0.1) is 7.11 Å². The molecule has 1 aromatic carbocycles. The molecule has 4 nitrogen and oxygen atoms in total. The van der Waals surface area contributed by atoms with E-state index < -0.39 is 11.8 Å². The Morgan fingerprint density at radius 3 is 2.73 bits per heavy atom. The fourth-order valence-electron chi connectivity index (χ4n) is 0.988. The van der Waals surface area contributed by atoms with Gasteiger partial charge in [0.1, 0.15) is 5.75 Å². The first-order valence-electron chi connectivity index (χ1n) is 4.23. The standard InChI is InChI=1S/C11H10O4/c1-15-9-4-2-3-8(7-9)5-6-10(12)11(13)14/h2-7H,1H3,(H,13,14)/b6-5-. The topological polar surface area (TPSA) is 63.6 Å². The van der Waals surface area contributed by atoms with Crippen LogP contribution in [0.25, 0.3) is 6.08 Å². The Labute approximate surface area is 86.8 Å². The lowest BCUT2D eigenvalue weighted by Crippen LogP contribution is -2.08. The summed E-state index contributed by atoms with van der Waals surface area (Å²) < 4.78 is 4.97. The first-order valence-corrected chi connectivity index (χ1v) is 4.23. The van der Waals surface area contributed by atoms with E-state index in [1.165, 1.54) is 13.2 Å². The van der Waals surface area contributed by atoms with E-state index in [1.54, 1.807) is 24.3 Å². The molecule has 0 aromatic heterocycles. The van der Waals surface area contributed by atoms with E-state index >= 15 is 0 Å². The van der Waals surface area contributed by atoms with Crippen molar-refractivity contribution in [3.8, 4) is 5.75 Å². The van der Waals surface area contributed by atoms with Gasteiger partial charge in [-0.1, -0.05) is 18.2 Å². The normalized spacial score (nSPS) is 10.2.